The molecule has 2 heterocycles. The summed E-state index contributed by atoms with van der Waals surface area (Å²) in [4.78, 5) is 21.0. The van der Waals surface area contributed by atoms with Crippen molar-refractivity contribution in [3.63, 3.8) is 0 Å². The first-order chi connectivity index (χ1) is 12.6. The minimum Gasteiger partial charge on any atom is -0.289 e. The molecule has 0 saturated heterocycles. The van der Waals surface area contributed by atoms with Crippen LogP contribution in [0.15, 0.2) is 60.7 Å². The molecule has 0 saturated carbocycles. The average molecular weight is 347 g/mol. The highest BCUT2D eigenvalue weighted by Crippen LogP contribution is 2.19. The zero-order valence-corrected chi connectivity index (χ0v) is 13.8. The number of aryl methyl sites for hydroxylation is 1. The monoisotopic (exact) mass is 347 g/mol. The van der Waals surface area contributed by atoms with E-state index in [2.05, 4.69) is 20.4 Å². The van der Waals surface area contributed by atoms with Gasteiger partial charge in [-0.15, -0.1) is 5.10 Å². The van der Waals surface area contributed by atoms with E-state index in [9.17, 15) is 9.18 Å². The summed E-state index contributed by atoms with van der Waals surface area (Å²) in [5, 5.41) is 6.74. The van der Waals surface area contributed by atoms with E-state index in [0.717, 1.165) is 17.0 Å². The van der Waals surface area contributed by atoms with Gasteiger partial charge in [0.25, 0.3) is 17.6 Å². The van der Waals surface area contributed by atoms with E-state index in [1.165, 1.54) is 22.7 Å². The Hall–Kier alpha value is -3.61. The number of nitrogens with zero attached hydrogens (tertiary/aromatic N) is 4. The van der Waals surface area contributed by atoms with Crippen molar-refractivity contribution in [1.82, 2.24) is 19.6 Å². The lowest BCUT2D eigenvalue weighted by Gasteiger charge is -2.03. The SMILES string of the molecule is Cc1cc(-c2ccccc2)nc2nc(NC(=O)c3ccccc3F)nn12. The molecule has 0 atom stereocenters. The van der Waals surface area contributed by atoms with E-state index in [1.807, 2.05) is 43.3 Å². The second-order valence-electron chi connectivity index (χ2n) is 5.73. The zero-order valence-electron chi connectivity index (χ0n) is 13.8. The van der Waals surface area contributed by atoms with Gasteiger partial charge in [0.15, 0.2) is 0 Å². The molecule has 4 rings (SSSR count). The van der Waals surface area contributed by atoms with Gasteiger partial charge >= 0.3 is 0 Å². The molecular weight excluding hydrogens is 333 g/mol. The van der Waals surface area contributed by atoms with Crippen LogP contribution >= 0.6 is 0 Å². The molecule has 0 aliphatic heterocycles. The van der Waals surface area contributed by atoms with Crippen LogP contribution in [-0.2, 0) is 0 Å². The summed E-state index contributed by atoms with van der Waals surface area (Å²) in [6.45, 7) is 1.87. The number of hydrogen-bond acceptors (Lipinski definition) is 4. The van der Waals surface area contributed by atoms with Crippen molar-refractivity contribution >= 4 is 17.6 Å². The van der Waals surface area contributed by atoms with E-state index < -0.39 is 11.7 Å². The van der Waals surface area contributed by atoms with Gasteiger partial charge in [-0.25, -0.2) is 9.37 Å². The lowest BCUT2D eigenvalue weighted by Crippen LogP contribution is -2.14. The van der Waals surface area contributed by atoms with Gasteiger partial charge < -0.3 is 0 Å². The maximum atomic E-state index is 13.7. The van der Waals surface area contributed by atoms with Crippen molar-refractivity contribution < 1.29 is 9.18 Å². The molecule has 0 radical (unpaired) electrons. The maximum Gasteiger partial charge on any atom is 0.261 e. The number of aromatic nitrogens is 4. The number of hydrogen-bond donors (Lipinski definition) is 1. The molecule has 6 nitrogen and oxygen atoms in total. The van der Waals surface area contributed by atoms with Crippen LogP contribution < -0.4 is 5.32 Å². The standard InChI is InChI=1S/C19H14FN5O/c1-12-11-16(13-7-3-2-4-8-13)21-19-23-18(24-25(12)19)22-17(26)14-9-5-6-10-15(14)20/h2-11H,1H3,(H,22,24,26). The Morgan fingerprint density at radius 3 is 2.54 bits per heavy atom. The second kappa shape index (κ2) is 6.36. The van der Waals surface area contributed by atoms with E-state index in [4.69, 9.17) is 0 Å². The van der Waals surface area contributed by atoms with Gasteiger partial charge in [-0.05, 0) is 25.1 Å². The topological polar surface area (TPSA) is 72.2 Å². The fraction of sp³-hybridized carbons (Fsp3) is 0.0526. The third-order valence-corrected chi connectivity index (χ3v) is 3.90. The molecule has 1 N–H and O–H groups in total. The molecule has 2 aromatic carbocycles. The molecule has 0 spiro atoms. The largest absolute Gasteiger partial charge is 0.289 e. The van der Waals surface area contributed by atoms with Gasteiger partial charge in [0.05, 0.1) is 11.3 Å². The molecule has 7 heteroatoms. The maximum absolute atomic E-state index is 13.7. The fourth-order valence-electron chi connectivity index (χ4n) is 2.64. The Balaban J connectivity index is 1.69. The number of rotatable bonds is 3. The van der Waals surface area contributed by atoms with E-state index >= 15 is 0 Å². The molecule has 0 unspecified atom stereocenters. The highest BCUT2D eigenvalue weighted by molar-refractivity contribution is 6.03. The summed E-state index contributed by atoms with van der Waals surface area (Å²) < 4.78 is 15.3. The zero-order chi connectivity index (χ0) is 18.1. The lowest BCUT2D eigenvalue weighted by molar-refractivity contribution is 0.102. The number of carbonyl (C=O) groups is 1. The van der Waals surface area contributed by atoms with Gasteiger partial charge in [-0.1, -0.05) is 42.5 Å². The number of anilines is 1. The van der Waals surface area contributed by atoms with Crippen LogP contribution in [0.2, 0.25) is 0 Å². The Labute approximate surface area is 148 Å². The predicted octanol–water partition coefficient (Wildman–Crippen LogP) is 3.49. The van der Waals surface area contributed by atoms with Crippen LogP contribution in [0.3, 0.4) is 0 Å². The molecule has 4 aromatic rings. The first kappa shape index (κ1) is 15.9. The van der Waals surface area contributed by atoms with Crippen molar-refractivity contribution in [2.45, 2.75) is 6.92 Å². The first-order valence-electron chi connectivity index (χ1n) is 7.97. The average Bonchev–Trinajstić information content (AvgIpc) is 3.06. The highest BCUT2D eigenvalue weighted by Gasteiger charge is 2.15. The van der Waals surface area contributed by atoms with Gasteiger partial charge in [0, 0.05) is 11.3 Å². The van der Waals surface area contributed by atoms with Crippen LogP contribution in [0.1, 0.15) is 16.1 Å². The summed E-state index contributed by atoms with van der Waals surface area (Å²) in [6.07, 6.45) is 0. The highest BCUT2D eigenvalue weighted by atomic mass is 19.1. The van der Waals surface area contributed by atoms with Crippen LogP contribution in [0, 0.1) is 12.7 Å². The van der Waals surface area contributed by atoms with Crippen LogP contribution in [0.25, 0.3) is 17.0 Å². The molecule has 0 bridgehead atoms. The third kappa shape index (κ3) is 2.90. The van der Waals surface area contributed by atoms with Gasteiger partial charge in [-0.2, -0.15) is 9.50 Å². The number of carbonyl (C=O) groups excluding carboxylic acids is 1. The van der Waals surface area contributed by atoms with Crippen molar-refractivity contribution in [3.8, 4) is 11.3 Å². The van der Waals surface area contributed by atoms with Gasteiger partial charge in [0.2, 0.25) is 0 Å². The van der Waals surface area contributed by atoms with Crippen LogP contribution in [-0.4, -0.2) is 25.5 Å². The van der Waals surface area contributed by atoms with Crippen molar-refractivity contribution in [1.29, 1.82) is 0 Å². The fourth-order valence-corrected chi connectivity index (χ4v) is 2.64. The summed E-state index contributed by atoms with van der Waals surface area (Å²) >= 11 is 0. The quantitative estimate of drug-likeness (QED) is 0.616. The van der Waals surface area contributed by atoms with Gasteiger partial charge in [0.1, 0.15) is 5.82 Å². The summed E-state index contributed by atoms with van der Waals surface area (Å²) in [5.74, 6) is -0.791. The smallest absolute Gasteiger partial charge is 0.261 e. The predicted molar refractivity (Wildman–Crippen MR) is 95.3 cm³/mol. The van der Waals surface area contributed by atoms with Crippen molar-refractivity contribution in [2.24, 2.45) is 0 Å². The molecule has 2 aromatic heterocycles. The summed E-state index contributed by atoms with van der Waals surface area (Å²) in [7, 11) is 0. The van der Waals surface area contributed by atoms with E-state index in [1.54, 1.807) is 6.07 Å². The number of nitrogens with one attached hydrogen (secondary N) is 1. The number of halogens is 1. The van der Waals surface area contributed by atoms with Crippen LogP contribution in [0.4, 0.5) is 10.3 Å². The molecule has 1 amide bonds. The minimum atomic E-state index is -0.611. The molecule has 128 valence electrons. The van der Waals surface area contributed by atoms with Crippen molar-refractivity contribution in [3.05, 3.63) is 77.7 Å². The molecule has 26 heavy (non-hydrogen) atoms. The number of amides is 1. The molecule has 0 fully saturated rings. The Morgan fingerprint density at radius 2 is 1.77 bits per heavy atom. The third-order valence-electron chi connectivity index (χ3n) is 3.90. The molecule has 0 aliphatic rings. The first-order valence-corrected chi connectivity index (χ1v) is 7.97. The second-order valence-corrected chi connectivity index (χ2v) is 5.73. The van der Waals surface area contributed by atoms with E-state index in [-0.39, 0.29) is 11.5 Å². The van der Waals surface area contributed by atoms with Gasteiger partial charge in [-0.3, -0.25) is 10.1 Å². The lowest BCUT2D eigenvalue weighted by atomic mass is 10.1. The number of benzene rings is 2. The minimum absolute atomic E-state index is 0.0685. The van der Waals surface area contributed by atoms with E-state index in [0.29, 0.717) is 5.78 Å². The summed E-state index contributed by atoms with van der Waals surface area (Å²) in [6, 6.07) is 17.3. The Morgan fingerprint density at radius 1 is 1.04 bits per heavy atom. The van der Waals surface area contributed by atoms with Crippen LogP contribution in [0.5, 0.6) is 0 Å². The van der Waals surface area contributed by atoms with Crippen molar-refractivity contribution in [2.75, 3.05) is 5.32 Å². The summed E-state index contributed by atoms with van der Waals surface area (Å²) in [5.41, 5.74) is 2.46. The Kier molecular flexibility index (Phi) is 3.89. The molecule has 0 aliphatic carbocycles. The normalized spacial score (nSPS) is 10.8. The Bertz CT molecular complexity index is 1110. The number of fused-ring (bicyclic) bond motifs is 1. The molecular formula is C19H14FN5O.